The van der Waals surface area contributed by atoms with Crippen molar-refractivity contribution in [3.05, 3.63) is 41.8 Å². The molecule has 0 unspecified atom stereocenters. The zero-order valence-electron chi connectivity index (χ0n) is 10.3. The largest absolute Gasteiger partial charge is 0.475 e. The van der Waals surface area contributed by atoms with Gasteiger partial charge in [-0.2, -0.15) is 0 Å². The molecule has 0 aliphatic rings. The number of amides is 1. The monoisotopic (exact) mass is 311 g/mol. The highest BCUT2D eigenvalue weighted by molar-refractivity contribution is 7.89. The Labute approximate surface area is 118 Å². The van der Waals surface area contributed by atoms with Crippen LogP contribution in [0.1, 0.15) is 21.0 Å². The Kier molecular flexibility index (Phi) is 3.74. The molecule has 0 bridgehead atoms. The fourth-order valence-electron chi connectivity index (χ4n) is 1.41. The fourth-order valence-corrected chi connectivity index (χ4v) is 1.92. The zero-order chi connectivity index (χ0) is 15.6. The molecule has 9 nitrogen and oxygen atoms in total. The summed E-state index contributed by atoms with van der Waals surface area (Å²) in [6.45, 7) is 0. The van der Waals surface area contributed by atoms with Gasteiger partial charge in [0.15, 0.2) is 5.69 Å². The standard InChI is InChI=1S/C11H9N3O6S/c12-21(18,19)7-3-1-6(2-4-7)13-10(15)8-5-9(11(16)17)20-14-8/h1-5H,(H,13,15)(H,16,17)(H2,12,18,19). The first kappa shape index (κ1) is 14.7. The number of nitrogens with zero attached hydrogens (tertiary/aromatic N) is 1. The Balaban J connectivity index is 2.14. The van der Waals surface area contributed by atoms with Gasteiger partial charge < -0.3 is 14.9 Å². The topological polar surface area (TPSA) is 153 Å². The number of rotatable bonds is 4. The van der Waals surface area contributed by atoms with Gasteiger partial charge in [-0.3, -0.25) is 4.79 Å². The van der Waals surface area contributed by atoms with E-state index in [1.165, 1.54) is 24.3 Å². The summed E-state index contributed by atoms with van der Waals surface area (Å²) >= 11 is 0. The molecule has 110 valence electrons. The molecule has 0 saturated heterocycles. The molecule has 1 aromatic carbocycles. The van der Waals surface area contributed by atoms with E-state index in [0.29, 0.717) is 0 Å². The normalized spacial score (nSPS) is 11.1. The molecular weight excluding hydrogens is 302 g/mol. The van der Waals surface area contributed by atoms with Gasteiger partial charge in [0.2, 0.25) is 15.8 Å². The average Bonchev–Trinajstić information content (AvgIpc) is 2.88. The molecule has 4 N–H and O–H groups in total. The van der Waals surface area contributed by atoms with Crippen molar-refractivity contribution in [2.75, 3.05) is 5.32 Å². The first-order valence-corrected chi connectivity index (χ1v) is 6.96. The summed E-state index contributed by atoms with van der Waals surface area (Å²) in [7, 11) is -3.81. The molecule has 1 amide bonds. The minimum Gasteiger partial charge on any atom is -0.475 e. The first-order valence-electron chi connectivity index (χ1n) is 5.41. The number of nitrogens with two attached hydrogens (primary N) is 1. The lowest BCUT2D eigenvalue weighted by Gasteiger charge is -2.03. The van der Waals surface area contributed by atoms with E-state index in [0.717, 1.165) is 6.07 Å². The molecule has 0 aliphatic carbocycles. The number of aromatic carboxylic acids is 1. The fraction of sp³-hybridized carbons (Fsp3) is 0. The van der Waals surface area contributed by atoms with E-state index in [2.05, 4.69) is 15.0 Å². The van der Waals surface area contributed by atoms with Crippen LogP contribution in [0.3, 0.4) is 0 Å². The maximum absolute atomic E-state index is 11.8. The van der Waals surface area contributed by atoms with Crippen LogP contribution in [0, 0.1) is 0 Å². The van der Waals surface area contributed by atoms with Crippen LogP contribution in [0.2, 0.25) is 0 Å². The van der Waals surface area contributed by atoms with E-state index >= 15 is 0 Å². The summed E-state index contributed by atoms with van der Waals surface area (Å²) in [5.74, 6) is -2.52. The van der Waals surface area contributed by atoms with E-state index in [4.69, 9.17) is 10.2 Å². The second kappa shape index (κ2) is 5.34. The number of benzene rings is 1. The Morgan fingerprint density at radius 3 is 2.33 bits per heavy atom. The number of hydrogen-bond donors (Lipinski definition) is 3. The Hall–Kier alpha value is -2.72. The van der Waals surface area contributed by atoms with Crippen LogP contribution >= 0.6 is 0 Å². The van der Waals surface area contributed by atoms with Crippen molar-refractivity contribution in [2.24, 2.45) is 5.14 Å². The second-order valence-electron chi connectivity index (χ2n) is 3.91. The number of anilines is 1. The minimum atomic E-state index is -3.81. The molecule has 2 rings (SSSR count). The number of primary sulfonamides is 1. The molecule has 2 aromatic rings. The summed E-state index contributed by atoms with van der Waals surface area (Å²) in [5.41, 5.74) is 0.0650. The third kappa shape index (κ3) is 3.43. The molecular formula is C11H9N3O6S. The molecule has 0 saturated carbocycles. The van der Waals surface area contributed by atoms with Crippen LogP contribution in [0.25, 0.3) is 0 Å². The number of nitrogens with one attached hydrogen (secondary N) is 1. The van der Waals surface area contributed by atoms with Crippen molar-refractivity contribution < 1.29 is 27.6 Å². The van der Waals surface area contributed by atoms with Crippen LogP contribution in [0.15, 0.2) is 39.8 Å². The summed E-state index contributed by atoms with van der Waals surface area (Å²) in [4.78, 5) is 22.3. The molecule has 21 heavy (non-hydrogen) atoms. The van der Waals surface area contributed by atoms with Gasteiger partial charge >= 0.3 is 5.97 Å². The van der Waals surface area contributed by atoms with Crippen LogP contribution in [-0.2, 0) is 10.0 Å². The van der Waals surface area contributed by atoms with Gasteiger partial charge in [-0.25, -0.2) is 18.4 Å². The Morgan fingerprint density at radius 1 is 1.24 bits per heavy atom. The summed E-state index contributed by atoms with van der Waals surface area (Å²) in [6, 6.07) is 6.06. The third-order valence-electron chi connectivity index (χ3n) is 2.39. The number of carbonyl (C=O) groups excluding carboxylic acids is 1. The Morgan fingerprint density at radius 2 is 1.86 bits per heavy atom. The van der Waals surface area contributed by atoms with Gasteiger partial charge in [0, 0.05) is 11.8 Å². The van der Waals surface area contributed by atoms with Gasteiger partial charge in [0.05, 0.1) is 4.90 Å². The van der Waals surface area contributed by atoms with Crippen molar-refractivity contribution in [3.63, 3.8) is 0 Å². The van der Waals surface area contributed by atoms with Gasteiger partial charge in [0.1, 0.15) is 0 Å². The van der Waals surface area contributed by atoms with Crippen molar-refractivity contribution >= 4 is 27.6 Å². The molecule has 0 aliphatic heterocycles. The molecule has 1 aromatic heterocycles. The predicted octanol–water partition coefficient (Wildman–Crippen LogP) is 0.272. The van der Waals surface area contributed by atoms with Gasteiger partial charge in [-0.1, -0.05) is 5.16 Å². The summed E-state index contributed by atoms with van der Waals surface area (Å²) in [5, 5.41) is 19.3. The number of carboxylic acid groups (broad SMARTS) is 1. The number of carboxylic acids is 1. The molecule has 0 atom stereocenters. The lowest BCUT2D eigenvalue weighted by molar-refractivity contribution is 0.0651. The lowest BCUT2D eigenvalue weighted by Crippen LogP contribution is -2.14. The molecule has 10 heteroatoms. The zero-order valence-corrected chi connectivity index (χ0v) is 11.1. The Bertz CT molecular complexity index is 794. The number of carbonyl (C=O) groups is 2. The lowest BCUT2D eigenvalue weighted by atomic mass is 10.3. The maximum Gasteiger partial charge on any atom is 0.374 e. The predicted molar refractivity (Wildman–Crippen MR) is 69.2 cm³/mol. The van der Waals surface area contributed by atoms with Gasteiger partial charge in [-0.15, -0.1) is 0 Å². The van der Waals surface area contributed by atoms with E-state index in [1.54, 1.807) is 0 Å². The molecule has 0 fully saturated rings. The quantitative estimate of drug-likeness (QED) is 0.732. The third-order valence-corrected chi connectivity index (χ3v) is 3.32. The van der Waals surface area contributed by atoms with Crippen LogP contribution in [0.5, 0.6) is 0 Å². The van der Waals surface area contributed by atoms with Crippen LogP contribution in [-0.4, -0.2) is 30.6 Å². The summed E-state index contributed by atoms with van der Waals surface area (Å²) in [6.07, 6.45) is 0. The van der Waals surface area contributed by atoms with Gasteiger partial charge in [-0.05, 0) is 24.3 Å². The van der Waals surface area contributed by atoms with Crippen molar-refractivity contribution in [1.29, 1.82) is 0 Å². The number of sulfonamides is 1. The van der Waals surface area contributed by atoms with E-state index < -0.39 is 27.7 Å². The van der Waals surface area contributed by atoms with Crippen LogP contribution < -0.4 is 10.5 Å². The molecule has 0 radical (unpaired) electrons. The van der Waals surface area contributed by atoms with E-state index in [9.17, 15) is 18.0 Å². The second-order valence-corrected chi connectivity index (χ2v) is 5.47. The molecule has 0 spiro atoms. The summed E-state index contributed by atoms with van der Waals surface area (Å²) < 4.78 is 26.6. The molecule has 1 heterocycles. The van der Waals surface area contributed by atoms with Crippen LogP contribution in [0.4, 0.5) is 5.69 Å². The minimum absolute atomic E-state index is 0.102. The maximum atomic E-state index is 11.8. The van der Waals surface area contributed by atoms with E-state index in [-0.39, 0.29) is 16.3 Å². The number of aromatic nitrogens is 1. The van der Waals surface area contributed by atoms with Crippen molar-refractivity contribution in [3.8, 4) is 0 Å². The number of hydrogen-bond acceptors (Lipinski definition) is 6. The first-order chi connectivity index (χ1) is 9.77. The highest BCUT2D eigenvalue weighted by atomic mass is 32.2. The average molecular weight is 311 g/mol. The SMILES string of the molecule is NS(=O)(=O)c1ccc(NC(=O)c2cc(C(=O)O)on2)cc1. The van der Waals surface area contributed by atoms with Crippen molar-refractivity contribution in [2.45, 2.75) is 4.90 Å². The van der Waals surface area contributed by atoms with Crippen molar-refractivity contribution in [1.82, 2.24) is 5.16 Å². The van der Waals surface area contributed by atoms with Gasteiger partial charge in [0.25, 0.3) is 5.91 Å². The smallest absolute Gasteiger partial charge is 0.374 e. The highest BCUT2D eigenvalue weighted by Crippen LogP contribution is 2.14. The highest BCUT2D eigenvalue weighted by Gasteiger charge is 2.17. The van der Waals surface area contributed by atoms with E-state index in [1.807, 2.05) is 0 Å².